The van der Waals surface area contributed by atoms with Crippen LogP contribution in [-0.4, -0.2) is 49.1 Å². The van der Waals surface area contributed by atoms with Crippen molar-refractivity contribution in [3.05, 3.63) is 104 Å². The van der Waals surface area contributed by atoms with E-state index in [1.807, 2.05) is 0 Å². The molecule has 0 spiro atoms. The molecule has 0 aliphatic carbocycles. The van der Waals surface area contributed by atoms with Crippen LogP contribution in [0.15, 0.2) is 91.9 Å². The standard InChI is InChI=1S/C26H22Br2N6O4/c27-21-7-3-1-5-19(21)25(37)29-15-23(35)33-31-13-17-9-11-18(12-10-17)14-32-34-24(36)16-30-26(38)20-6-2-4-8-22(20)28/h1-14H,15-16H2,(H,29,37)(H,30,38)(H,33,35)(H,34,36)/b31-13-,32-14-. The lowest BCUT2D eigenvalue weighted by atomic mass is 10.2. The van der Waals surface area contributed by atoms with Crippen LogP contribution in [0.1, 0.15) is 31.8 Å². The number of nitrogens with zero attached hydrogens (tertiary/aromatic N) is 2. The van der Waals surface area contributed by atoms with E-state index in [0.29, 0.717) is 31.2 Å². The SMILES string of the molecule is O=C(CNC(=O)c1ccccc1Br)N/N=C\c1ccc(/C=N\NC(=O)CNC(=O)c2ccccc2Br)cc1. The summed E-state index contributed by atoms with van der Waals surface area (Å²) in [6, 6.07) is 20.8. The van der Waals surface area contributed by atoms with Crippen molar-refractivity contribution in [2.75, 3.05) is 13.1 Å². The molecule has 0 bridgehead atoms. The van der Waals surface area contributed by atoms with Gasteiger partial charge >= 0.3 is 0 Å². The van der Waals surface area contributed by atoms with Gasteiger partial charge in [-0.15, -0.1) is 0 Å². The molecule has 3 aromatic carbocycles. The van der Waals surface area contributed by atoms with Gasteiger partial charge in [0.1, 0.15) is 0 Å². The maximum Gasteiger partial charge on any atom is 0.259 e. The molecule has 0 heterocycles. The fourth-order valence-electron chi connectivity index (χ4n) is 2.91. The van der Waals surface area contributed by atoms with Crippen molar-refractivity contribution in [2.24, 2.45) is 10.2 Å². The minimum Gasteiger partial charge on any atom is -0.343 e. The molecule has 4 N–H and O–H groups in total. The molecule has 10 nitrogen and oxygen atoms in total. The van der Waals surface area contributed by atoms with Gasteiger partial charge in [0.2, 0.25) is 0 Å². The summed E-state index contributed by atoms with van der Waals surface area (Å²) < 4.78 is 1.26. The summed E-state index contributed by atoms with van der Waals surface area (Å²) in [6.45, 7) is -0.460. The zero-order valence-corrected chi connectivity index (χ0v) is 23.0. The molecule has 0 unspecified atom stereocenters. The van der Waals surface area contributed by atoms with E-state index in [4.69, 9.17) is 0 Å². The molecule has 194 valence electrons. The summed E-state index contributed by atoms with van der Waals surface area (Å²) in [5.74, 6) is -1.71. The average Bonchev–Trinajstić information content (AvgIpc) is 2.92. The van der Waals surface area contributed by atoms with Gasteiger partial charge in [0.15, 0.2) is 0 Å². The smallest absolute Gasteiger partial charge is 0.259 e. The highest BCUT2D eigenvalue weighted by molar-refractivity contribution is 9.10. The Balaban J connectivity index is 1.37. The van der Waals surface area contributed by atoms with E-state index in [-0.39, 0.29) is 24.9 Å². The van der Waals surface area contributed by atoms with Gasteiger partial charge in [-0.05, 0) is 67.3 Å². The molecular formula is C26H22Br2N6O4. The second-order valence-corrected chi connectivity index (χ2v) is 9.29. The lowest BCUT2D eigenvalue weighted by Crippen LogP contribution is -2.35. The van der Waals surface area contributed by atoms with Crippen LogP contribution in [0.5, 0.6) is 0 Å². The van der Waals surface area contributed by atoms with Crippen LogP contribution in [0, 0.1) is 0 Å². The third-order valence-corrected chi connectivity index (χ3v) is 6.18. The monoisotopic (exact) mass is 640 g/mol. The molecule has 12 heteroatoms. The van der Waals surface area contributed by atoms with E-state index in [1.165, 1.54) is 12.4 Å². The quantitative estimate of drug-likeness (QED) is 0.200. The highest BCUT2D eigenvalue weighted by Gasteiger charge is 2.11. The molecule has 0 aromatic heterocycles. The molecular weight excluding hydrogens is 620 g/mol. The first kappa shape index (κ1) is 28.4. The fourth-order valence-corrected chi connectivity index (χ4v) is 3.84. The highest BCUT2D eigenvalue weighted by Crippen LogP contribution is 2.16. The zero-order chi connectivity index (χ0) is 27.3. The van der Waals surface area contributed by atoms with Crippen molar-refractivity contribution < 1.29 is 19.2 Å². The third-order valence-electron chi connectivity index (χ3n) is 4.80. The molecule has 0 saturated heterocycles. The van der Waals surface area contributed by atoms with Gasteiger partial charge < -0.3 is 10.6 Å². The Bertz CT molecular complexity index is 1270. The number of halogens is 2. The van der Waals surface area contributed by atoms with Crippen LogP contribution >= 0.6 is 31.9 Å². The average molecular weight is 642 g/mol. The van der Waals surface area contributed by atoms with Gasteiger partial charge in [-0.2, -0.15) is 10.2 Å². The number of hydrogen-bond donors (Lipinski definition) is 4. The summed E-state index contributed by atoms with van der Waals surface area (Å²) in [7, 11) is 0. The maximum atomic E-state index is 12.1. The first-order valence-electron chi connectivity index (χ1n) is 11.1. The van der Waals surface area contributed by atoms with Gasteiger partial charge in [-0.1, -0.05) is 48.5 Å². The lowest BCUT2D eigenvalue weighted by molar-refractivity contribution is -0.120. The molecule has 0 fully saturated rings. The number of hydrogen-bond acceptors (Lipinski definition) is 6. The summed E-state index contributed by atoms with van der Waals surface area (Å²) in [4.78, 5) is 48.1. The van der Waals surface area contributed by atoms with Crippen LogP contribution in [0.25, 0.3) is 0 Å². The molecule has 0 atom stereocenters. The van der Waals surface area contributed by atoms with E-state index in [0.717, 1.165) is 0 Å². The Hall–Kier alpha value is -4.16. The van der Waals surface area contributed by atoms with Gasteiger partial charge in [0.05, 0.1) is 36.6 Å². The summed E-state index contributed by atoms with van der Waals surface area (Å²) in [5, 5.41) is 12.8. The number of carbonyl (C=O) groups excluding carboxylic acids is 4. The number of amides is 4. The lowest BCUT2D eigenvalue weighted by Gasteiger charge is -2.06. The van der Waals surface area contributed by atoms with Crippen molar-refractivity contribution in [2.45, 2.75) is 0 Å². The van der Waals surface area contributed by atoms with Crippen molar-refractivity contribution in [1.82, 2.24) is 21.5 Å². The van der Waals surface area contributed by atoms with Crippen molar-refractivity contribution in [3.63, 3.8) is 0 Å². The molecule has 3 aromatic rings. The Morgan fingerprint density at radius 2 is 0.974 bits per heavy atom. The minimum atomic E-state index is -0.478. The number of nitrogens with one attached hydrogen (secondary N) is 4. The van der Waals surface area contributed by atoms with E-state index in [2.05, 4.69) is 63.5 Å². The topological polar surface area (TPSA) is 141 Å². The van der Waals surface area contributed by atoms with Crippen LogP contribution in [-0.2, 0) is 9.59 Å². The van der Waals surface area contributed by atoms with Crippen LogP contribution < -0.4 is 21.5 Å². The Morgan fingerprint density at radius 3 is 1.34 bits per heavy atom. The summed E-state index contributed by atoms with van der Waals surface area (Å²) >= 11 is 6.58. The molecule has 0 aliphatic rings. The van der Waals surface area contributed by atoms with Crippen molar-refractivity contribution >= 4 is 67.9 Å². The minimum absolute atomic E-state index is 0.230. The van der Waals surface area contributed by atoms with Crippen LogP contribution in [0.3, 0.4) is 0 Å². The van der Waals surface area contributed by atoms with Crippen molar-refractivity contribution in [1.29, 1.82) is 0 Å². The van der Waals surface area contributed by atoms with Gasteiger partial charge in [0, 0.05) is 8.95 Å². The van der Waals surface area contributed by atoms with E-state index < -0.39 is 11.8 Å². The normalized spacial score (nSPS) is 10.8. The third kappa shape index (κ3) is 9.05. The van der Waals surface area contributed by atoms with E-state index >= 15 is 0 Å². The Kier molecular flexibility index (Phi) is 10.9. The highest BCUT2D eigenvalue weighted by atomic mass is 79.9. The van der Waals surface area contributed by atoms with E-state index in [1.54, 1.807) is 72.8 Å². The summed E-state index contributed by atoms with van der Waals surface area (Å²) in [6.07, 6.45) is 2.90. The molecule has 4 amide bonds. The first-order chi connectivity index (χ1) is 18.3. The van der Waals surface area contributed by atoms with Gasteiger partial charge in [-0.25, -0.2) is 10.9 Å². The fraction of sp³-hybridized carbons (Fsp3) is 0.0769. The molecule has 0 radical (unpaired) electrons. The molecule has 3 rings (SSSR count). The van der Waals surface area contributed by atoms with Crippen LogP contribution in [0.4, 0.5) is 0 Å². The number of hydrazone groups is 2. The zero-order valence-electron chi connectivity index (χ0n) is 19.8. The molecule has 38 heavy (non-hydrogen) atoms. The van der Waals surface area contributed by atoms with Crippen molar-refractivity contribution in [3.8, 4) is 0 Å². The Morgan fingerprint density at radius 1 is 0.605 bits per heavy atom. The maximum absolute atomic E-state index is 12.1. The first-order valence-corrected chi connectivity index (χ1v) is 12.7. The predicted octanol–water partition coefficient (Wildman–Crippen LogP) is 2.97. The summed E-state index contributed by atoms with van der Waals surface area (Å²) in [5.41, 5.74) is 6.96. The van der Waals surface area contributed by atoms with Crippen LogP contribution in [0.2, 0.25) is 0 Å². The van der Waals surface area contributed by atoms with Gasteiger partial charge in [0.25, 0.3) is 23.6 Å². The Labute approximate surface area is 235 Å². The second kappa shape index (κ2) is 14.5. The number of carbonyl (C=O) groups is 4. The largest absolute Gasteiger partial charge is 0.343 e. The molecule has 0 aliphatic heterocycles. The van der Waals surface area contributed by atoms with E-state index in [9.17, 15) is 19.2 Å². The van der Waals surface area contributed by atoms with Gasteiger partial charge in [-0.3, -0.25) is 19.2 Å². The molecule has 0 saturated carbocycles. The number of benzene rings is 3. The number of rotatable bonds is 10. The second-order valence-electron chi connectivity index (χ2n) is 7.58. The predicted molar refractivity (Wildman–Crippen MR) is 151 cm³/mol.